The van der Waals surface area contributed by atoms with Crippen LogP contribution in [0.25, 0.3) is 0 Å². The molecular formula is C18H19BrF3N3O3S. The zero-order chi connectivity index (χ0) is 21.2. The van der Waals surface area contributed by atoms with Gasteiger partial charge in [0.2, 0.25) is 10.0 Å². The summed E-state index contributed by atoms with van der Waals surface area (Å²) in [7, 11) is -2.22. The fourth-order valence-electron chi connectivity index (χ4n) is 3.06. The van der Waals surface area contributed by atoms with Crippen LogP contribution in [0.1, 0.15) is 12.0 Å². The Hall–Kier alpha value is -1.85. The molecule has 0 atom stereocenters. The van der Waals surface area contributed by atoms with Crippen molar-refractivity contribution in [1.29, 1.82) is 0 Å². The molecule has 0 spiro atoms. The number of rotatable bonds is 4. The number of benzene rings is 1. The maximum atomic E-state index is 13.0. The van der Waals surface area contributed by atoms with Crippen molar-refractivity contribution in [2.75, 3.05) is 38.2 Å². The normalized spacial score (nSPS) is 16.5. The van der Waals surface area contributed by atoms with Crippen LogP contribution >= 0.6 is 15.9 Å². The smallest absolute Gasteiger partial charge is 0.417 e. The second-order valence-electron chi connectivity index (χ2n) is 6.44. The van der Waals surface area contributed by atoms with Gasteiger partial charge in [-0.15, -0.1) is 0 Å². The maximum absolute atomic E-state index is 13.0. The zero-order valence-corrected chi connectivity index (χ0v) is 17.9. The van der Waals surface area contributed by atoms with E-state index >= 15 is 0 Å². The van der Waals surface area contributed by atoms with Gasteiger partial charge in [0.15, 0.2) is 0 Å². The highest BCUT2D eigenvalue weighted by molar-refractivity contribution is 9.10. The molecule has 1 aromatic heterocycles. The third kappa shape index (κ3) is 4.84. The lowest BCUT2D eigenvalue weighted by molar-refractivity contribution is -0.137. The quantitative estimate of drug-likeness (QED) is 0.648. The lowest BCUT2D eigenvalue weighted by Gasteiger charge is -2.23. The number of anilines is 1. The number of ether oxygens (including phenoxy) is 1. The molecule has 6 nitrogen and oxygen atoms in total. The number of nitrogens with zero attached hydrogens (tertiary/aromatic N) is 3. The van der Waals surface area contributed by atoms with E-state index in [1.54, 1.807) is 11.0 Å². The van der Waals surface area contributed by atoms with Crippen molar-refractivity contribution in [2.45, 2.75) is 17.5 Å². The average molecular weight is 494 g/mol. The van der Waals surface area contributed by atoms with Gasteiger partial charge in [0.1, 0.15) is 11.6 Å². The largest absolute Gasteiger partial charge is 0.496 e. The minimum Gasteiger partial charge on any atom is -0.496 e. The van der Waals surface area contributed by atoms with E-state index in [0.717, 1.165) is 12.3 Å². The Kier molecular flexibility index (Phi) is 6.39. The molecule has 1 saturated heterocycles. The molecule has 1 fully saturated rings. The second-order valence-corrected chi connectivity index (χ2v) is 9.24. The molecule has 158 valence electrons. The third-order valence-electron chi connectivity index (χ3n) is 4.62. The molecule has 0 radical (unpaired) electrons. The summed E-state index contributed by atoms with van der Waals surface area (Å²) in [5.41, 5.74) is -0.814. The highest BCUT2D eigenvalue weighted by Gasteiger charge is 2.31. The predicted molar refractivity (Wildman–Crippen MR) is 106 cm³/mol. The molecule has 0 saturated carbocycles. The topological polar surface area (TPSA) is 62.7 Å². The fourth-order valence-corrected chi connectivity index (χ4v) is 5.25. The van der Waals surface area contributed by atoms with Crippen molar-refractivity contribution in [1.82, 2.24) is 9.29 Å². The van der Waals surface area contributed by atoms with Crippen molar-refractivity contribution in [2.24, 2.45) is 0 Å². The van der Waals surface area contributed by atoms with E-state index in [1.807, 2.05) is 0 Å². The van der Waals surface area contributed by atoms with Crippen molar-refractivity contribution < 1.29 is 26.3 Å². The lowest BCUT2D eigenvalue weighted by Crippen LogP contribution is -2.35. The van der Waals surface area contributed by atoms with Crippen LogP contribution in [0.3, 0.4) is 0 Å². The molecule has 1 aliphatic heterocycles. The van der Waals surface area contributed by atoms with Gasteiger partial charge in [0, 0.05) is 32.4 Å². The van der Waals surface area contributed by atoms with E-state index in [9.17, 15) is 21.6 Å². The zero-order valence-electron chi connectivity index (χ0n) is 15.5. The van der Waals surface area contributed by atoms with Gasteiger partial charge in [-0.3, -0.25) is 0 Å². The van der Waals surface area contributed by atoms with Gasteiger partial charge in [-0.05, 0) is 52.7 Å². The SMILES string of the molecule is COc1ccc(S(=O)(=O)N2CCCN(c3ccc(C(F)(F)F)cn3)CC2)cc1Br. The van der Waals surface area contributed by atoms with Crippen molar-refractivity contribution in [3.63, 3.8) is 0 Å². The van der Waals surface area contributed by atoms with Gasteiger partial charge >= 0.3 is 6.18 Å². The van der Waals surface area contributed by atoms with Crippen LogP contribution in [-0.4, -0.2) is 51.0 Å². The Morgan fingerprint density at radius 2 is 1.86 bits per heavy atom. The molecule has 11 heteroatoms. The first kappa shape index (κ1) is 21.8. The van der Waals surface area contributed by atoms with Gasteiger partial charge in [-0.25, -0.2) is 13.4 Å². The molecule has 0 bridgehead atoms. The van der Waals surface area contributed by atoms with E-state index < -0.39 is 21.8 Å². The van der Waals surface area contributed by atoms with Crippen molar-refractivity contribution in [3.05, 3.63) is 46.6 Å². The van der Waals surface area contributed by atoms with Gasteiger partial charge in [-0.2, -0.15) is 17.5 Å². The minimum atomic E-state index is -4.44. The summed E-state index contributed by atoms with van der Waals surface area (Å²) in [6.45, 7) is 1.34. The maximum Gasteiger partial charge on any atom is 0.417 e. The number of hydrogen-bond acceptors (Lipinski definition) is 5. The van der Waals surface area contributed by atoms with Gasteiger partial charge in [0.05, 0.1) is 22.0 Å². The molecule has 0 N–H and O–H groups in total. The van der Waals surface area contributed by atoms with Gasteiger partial charge in [-0.1, -0.05) is 0 Å². The van der Waals surface area contributed by atoms with Crippen molar-refractivity contribution in [3.8, 4) is 5.75 Å². The first-order chi connectivity index (χ1) is 13.6. The number of alkyl halides is 3. The molecule has 3 rings (SSSR count). The summed E-state index contributed by atoms with van der Waals surface area (Å²) in [5.74, 6) is 0.920. The Balaban J connectivity index is 1.74. The highest BCUT2D eigenvalue weighted by atomic mass is 79.9. The summed E-state index contributed by atoms with van der Waals surface area (Å²) in [6, 6.07) is 6.85. The number of methoxy groups -OCH3 is 1. The molecule has 0 aliphatic carbocycles. The number of hydrogen-bond donors (Lipinski definition) is 0. The molecule has 2 aromatic rings. The molecule has 2 heterocycles. The number of halogens is 4. The number of sulfonamides is 1. The Bertz CT molecular complexity index is 969. The monoisotopic (exact) mass is 493 g/mol. The summed E-state index contributed by atoms with van der Waals surface area (Å²) in [4.78, 5) is 5.84. The Labute approximate surface area is 175 Å². The van der Waals surface area contributed by atoms with Gasteiger partial charge < -0.3 is 9.64 Å². The number of aromatic nitrogens is 1. The average Bonchev–Trinajstić information content (AvgIpc) is 2.94. The van der Waals surface area contributed by atoms with Crippen LogP contribution in [0.4, 0.5) is 19.0 Å². The van der Waals surface area contributed by atoms with E-state index in [-0.39, 0.29) is 11.4 Å². The second kappa shape index (κ2) is 8.49. The first-order valence-corrected chi connectivity index (χ1v) is 11.0. The Morgan fingerprint density at radius 1 is 1.10 bits per heavy atom. The Morgan fingerprint density at radius 3 is 2.45 bits per heavy atom. The van der Waals surface area contributed by atoms with Crippen LogP contribution in [0.5, 0.6) is 5.75 Å². The van der Waals surface area contributed by atoms with E-state index in [0.29, 0.717) is 42.1 Å². The number of pyridine rings is 1. The van der Waals surface area contributed by atoms with E-state index in [1.165, 1.54) is 29.6 Å². The van der Waals surface area contributed by atoms with Crippen LogP contribution in [-0.2, 0) is 16.2 Å². The standard InChI is InChI=1S/C18H19BrF3N3O3S/c1-28-16-5-4-14(11-15(16)19)29(26,27)25-8-2-7-24(9-10-25)17-6-3-13(12-23-17)18(20,21)22/h3-6,11-12H,2,7-10H2,1H3. The van der Waals surface area contributed by atoms with E-state index in [4.69, 9.17) is 4.74 Å². The predicted octanol–water partition coefficient (Wildman–Crippen LogP) is 3.77. The highest BCUT2D eigenvalue weighted by Crippen LogP contribution is 2.31. The minimum absolute atomic E-state index is 0.145. The van der Waals surface area contributed by atoms with E-state index in [2.05, 4.69) is 20.9 Å². The lowest BCUT2D eigenvalue weighted by atomic mass is 10.2. The van der Waals surface area contributed by atoms with Crippen LogP contribution in [0, 0.1) is 0 Å². The van der Waals surface area contributed by atoms with Crippen LogP contribution in [0.15, 0.2) is 45.9 Å². The molecule has 1 aromatic carbocycles. The molecule has 0 unspecified atom stereocenters. The molecular weight excluding hydrogens is 475 g/mol. The van der Waals surface area contributed by atoms with Crippen LogP contribution < -0.4 is 9.64 Å². The summed E-state index contributed by atoms with van der Waals surface area (Å²) in [5, 5.41) is 0. The summed E-state index contributed by atoms with van der Waals surface area (Å²) < 4.78 is 71.2. The molecule has 0 amide bonds. The van der Waals surface area contributed by atoms with Crippen LogP contribution in [0.2, 0.25) is 0 Å². The fraction of sp³-hybridized carbons (Fsp3) is 0.389. The van der Waals surface area contributed by atoms with Gasteiger partial charge in [0.25, 0.3) is 0 Å². The summed E-state index contributed by atoms with van der Waals surface area (Å²) in [6.07, 6.45) is -3.12. The summed E-state index contributed by atoms with van der Waals surface area (Å²) >= 11 is 3.29. The first-order valence-electron chi connectivity index (χ1n) is 8.75. The third-order valence-corrected chi connectivity index (χ3v) is 7.13. The van der Waals surface area contributed by atoms with Crippen molar-refractivity contribution >= 4 is 31.8 Å². The molecule has 29 heavy (non-hydrogen) atoms. The molecule has 1 aliphatic rings.